The first kappa shape index (κ1) is 16.3. The van der Waals surface area contributed by atoms with Crippen LogP contribution in [-0.2, 0) is 21.3 Å². The molecule has 2 fully saturated rings. The lowest BCUT2D eigenvalue weighted by Crippen LogP contribution is -2.43. The minimum atomic E-state index is -1.11. The first-order valence-electron chi connectivity index (χ1n) is 7.52. The first-order valence-corrected chi connectivity index (χ1v) is 7.52. The molecule has 2 saturated heterocycles. The van der Waals surface area contributed by atoms with Gasteiger partial charge in [0.25, 0.3) is 5.56 Å². The number of hydrogen-bond donors (Lipinski definition) is 2. The Kier molecular flexibility index (Phi) is 4.64. The minimum Gasteiger partial charge on any atom is -0.394 e. The Labute approximate surface area is 131 Å². The summed E-state index contributed by atoms with van der Waals surface area (Å²) in [6.45, 7) is 0.159. The molecular formula is C14H20N2O7. The molecule has 2 N–H and O–H groups in total. The molecular weight excluding hydrogens is 308 g/mol. The van der Waals surface area contributed by atoms with Crippen LogP contribution in [0.2, 0.25) is 0 Å². The van der Waals surface area contributed by atoms with Crippen molar-refractivity contribution < 1.29 is 24.4 Å². The highest BCUT2D eigenvalue weighted by atomic mass is 16.7. The van der Waals surface area contributed by atoms with Crippen molar-refractivity contribution in [2.75, 3.05) is 13.2 Å². The van der Waals surface area contributed by atoms with Gasteiger partial charge in [0.15, 0.2) is 12.5 Å². The molecule has 9 heteroatoms. The fourth-order valence-electron chi connectivity index (χ4n) is 2.85. The van der Waals surface area contributed by atoms with E-state index in [-0.39, 0.29) is 0 Å². The van der Waals surface area contributed by atoms with Crippen LogP contribution in [0.1, 0.15) is 19.1 Å². The highest BCUT2D eigenvalue weighted by Gasteiger charge is 2.47. The van der Waals surface area contributed by atoms with Crippen LogP contribution in [0.5, 0.6) is 0 Å². The summed E-state index contributed by atoms with van der Waals surface area (Å²) in [5.41, 5.74) is -1.03. The van der Waals surface area contributed by atoms with Gasteiger partial charge < -0.3 is 24.4 Å². The van der Waals surface area contributed by atoms with Gasteiger partial charge in [0, 0.05) is 32.3 Å². The van der Waals surface area contributed by atoms with Crippen molar-refractivity contribution in [3.05, 3.63) is 33.1 Å². The van der Waals surface area contributed by atoms with E-state index in [9.17, 15) is 19.8 Å². The standard InChI is InChI=1S/C14H20N2O7/c1-15-9(18)4-5-16(14(15)20)13-12(11(19)8(7-17)22-13)23-10-3-2-6-21-10/h4-5,8,10-13,17,19H,2-3,6-7H2,1H3. The zero-order valence-corrected chi connectivity index (χ0v) is 12.7. The lowest BCUT2D eigenvalue weighted by atomic mass is 10.1. The highest BCUT2D eigenvalue weighted by Crippen LogP contribution is 2.33. The van der Waals surface area contributed by atoms with E-state index in [4.69, 9.17) is 14.2 Å². The molecule has 5 atom stereocenters. The fraction of sp³-hybridized carbons (Fsp3) is 0.714. The normalized spacial score (nSPS) is 34.1. The van der Waals surface area contributed by atoms with Crippen LogP contribution in [0.15, 0.2) is 21.9 Å². The second-order valence-corrected chi connectivity index (χ2v) is 5.68. The van der Waals surface area contributed by atoms with Crippen LogP contribution in [0.3, 0.4) is 0 Å². The van der Waals surface area contributed by atoms with Gasteiger partial charge in [-0.15, -0.1) is 0 Å². The van der Waals surface area contributed by atoms with Crippen molar-refractivity contribution in [2.24, 2.45) is 7.05 Å². The number of hydrogen-bond acceptors (Lipinski definition) is 7. The van der Waals surface area contributed by atoms with Crippen LogP contribution in [-0.4, -0.2) is 57.2 Å². The van der Waals surface area contributed by atoms with E-state index < -0.39 is 48.7 Å². The maximum atomic E-state index is 12.3. The summed E-state index contributed by atoms with van der Waals surface area (Å²) in [6.07, 6.45) is -1.48. The number of ether oxygens (including phenoxy) is 3. The third kappa shape index (κ3) is 2.98. The average Bonchev–Trinajstić information content (AvgIpc) is 3.15. The summed E-state index contributed by atoms with van der Waals surface area (Å²) < 4.78 is 18.8. The molecule has 3 heterocycles. The molecule has 2 aliphatic heterocycles. The zero-order valence-electron chi connectivity index (χ0n) is 12.7. The molecule has 2 aliphatic rings. The molecule has 1 aromatic heterocycles. The second kappa shape index (κ2) is 6.54. The van der Waals surface area contributed by atoms with Crippen LogP contribution >= 0.6 is 0 Å². The summed E-state index contributed by atoms with van der Waals surface area (Å²) in [4.78, 5) is 23.8. The molecule has 128 valence electrons. The third-order valence-electron chi connectivity index (χ3n) is 4.18. The van der Waals surface area contributed by atoms with Crippen molar-refractivity contribution in [2.45, 2.75) is 43.7 Å². The minimum absolute atomic E-state index is 0.413. The van der Waals surface area contributed by atoms with Crippen molar-refractivity contribution in [1.29, 1.82) is 0 Å². The monoisotopic (exact) mass is 328 g/mol. The van der Waals surface area contributed by atoms with Gasteiger partial charge in [-0.05, 0) is 6.42 Å². The molecule has 0 spiro atoms. The average molecular weight is 328 g/mol. The van der Waals surface area contributed by atoms with E-state index in [1.165, 1.54) is 23.9 Å². The van der Waals surface area contributed by atoms with E-state index in [1.807, 2.05) is 0 Å². The summed E-state index contributed by atoms with van der Waals surface area (Å²) >= 11 is 0. The van der Waals surface area contributed by atoms with Gasteiger partial charge in [-0.3, -0.25) is 13.9 Å². The number of aliphatic hydroxyl groups is 2. The summed E-state index contributed by atoms with van der Waals surface area (Å²) in [5.74, 6) is 0. The number of nitrogens with zero attached hydrogens (tertiary/aromatic N) is 2. The Morgan fingerprint density at radius 1 is 1.43 bits per heavy atom. The molecule has 0 aromatic carbocycles. The Morgan fingerprint density at radius 2 is 2.22 bits per heavy atom. The van der Waals surface area contributed by atoms with Gasteiger partial charge in [-0.25, -0.2) is 4.79 Å². The van der Waals surface area contributed by atoms with Crippen molar-refractivity contribution >= 4 is 0 Å². The van der Waals surface area contributed by atoms with Crippen molar-refractivity contribution in [3.8, 4) is 0 Å². The first-order chi connectivity index (χ1) is 11.0. The van der Waals surface area contributed by atoms with Crippen LogP contribution < -0.4 is 11.2 Å². The largest absolute Gasteiger partial charge is 0.394 e. The fourth-order valence-corrected chi connectivity index (χ4v) is 2.85. The third-order valence-corrected chi connectivity index (χ3v) is 4.18. The van der Waals surface area contributed by atoms with E-state index in [2.05, 4.69) is 0 Å². The van der Waals surface area contributed by atoms with Crippen molar-refractivity contribution in [3.63, 3.8) is 0 Å². The van der Waals surface area contributed by atoms with Crippen LogP contribution in [0.4, 0.5) is 0 Å². The summed E-state index contributed by atoms with van der Waals surface area (Å²) in [5, 5.41) is 19.6. The molecule has 0 radical (unpaired) electrons. The molecule has 23 heavy (non-hydrogen) atoms. The molecule has 0 saturated carbocycles. The predicted octanol–water partition coefficient (Wildman–Crippen LogP) is -1.68. The topological polar surface area (TPSA) is 112 Å². The molecule has 3 rings (SSSR count). The quantitative estimate of drug-likeness (QED) is 0.679. The number of aromatic nitrogens is 2. The Morgan fingerprint density at radius 3 is 2.87 bits per heavy atom. The van der Waals surface area contributed by atoms with E-state index in [0.29, 0.717) is 13.0 Å². The predicted molar refractivity (Wildman–Crippen MR) is 76.8 cm³/mol. The lowest BCUT2D eigenvalue weighted by Gasteiger charge is -2.25. The van der Waals surface area contributed by atoms with Gasteiger partial charge in [-0.2, -0.15) is 0 Å². The number of aliphatic hydroxyl groups excluding tert-OH is 2. The summed E-state index contributed by atoms with van der Waals surface area (Å²) in [6, 6.07) is 1.23. The smallest absolute Gasteiger partial charge is 0.332 e. The molecule has 0 aliphatic carbocycles. The molecule has 5 unspecified atom stereocenters. The SMILES string of the molecule is Cn1c(=O)ccn(C2OC(CO)C(O)C2OC2CCCO2)c1=O. The molecule has 9 nitrogen and oxygen atoms in total. The maximum absolute atomic E-state index is 12.3. The summed E-state index contributed by atoms with van der Waals surface area (Å²) in [7, 11) is 1.35. The Hall–Kier alpha value is -1.52. The van der Waals surface area contributed by atoms with E-state index in [0.717, 1.165) is 11.0 Å². The molecule has 0 amide bonds. The van der Waals surface area contributed by atoms with E-state index in [1.54, 1.807) is 0 Å². The highest BCUT2D eigenvalue weighted by molar-refractivity contribution is 4.95. The molecule has 0 bridgehead atoms. The lowest BCUT2D eigenvalue weighted by molar-refractivity contribution is -0.182. The van der Waals surface area contributed by atoms with Gasteiger partial charge in [0.05, 0.1) is 6.61 Å². The molecule has 1 aromatic rings. The van der Waals surface area contributed by atoms with Gasteiger partial charge in [0.1, 0.15) is 18.3 Å². The van der Waals surface area contributed by atoms with Gasteiger partial charge >= 0.3 is 5.69 Å². The Bertz CT molecular complexity index is 664. The van der Waals surface area contributed by atoms with Gasteiger partial charge in [0.2, 0.25) is 0 Å². The maximum Gasteiger partial charge on any atom is 0.332 e. The van der Waals surface area contributed by atoms with Crippen LogP contribution in [0, 0.1) is 0 Å². The second-order valence-electron chi connectivity index (χ2n) is 5.68. The zero-order chi connectivity index (χ0) is 16.6. The Balaban J connectivity index is 1.92. The van der Waals surface area contributed by atoms with E-state index >= 15 is 0 Å². The number of rotatable bonds is 4. The van der Waals surface area contributed by atoms with Crippen LogP contribution in [0.25, 0.3) is 0 Å². The van der Waals surface area contributed by atoms with Gasteiger partial charge in [-0.1, -0.05) is 0 Å². The van der Waals surface area contributed by atoms with Crippen molar-refractivity contribution in [1.82, 2.24) is 9.13 Å².